The number of sulfone groups is 1. The van der Waals surface area contributed by atoms with E-state index in [0.29, 0.717) is 17.2 Å². The van der Waals surface area contributed by atoms with Crippen LogP contribution in [-0.4, -0.2) is 47.5 Å². The maximum absolute atomic E-state index is 12.2. The Bertz CT molecular complexity index is 575. The fourth-order valence-electron chi connectivity index (χ4n) is 2.96. The molecule has 0 aromatic heterocycles. The van der Waals surface area contributed by atoms with E-state index in [1.807, 2.05) is 12.1 Å². The van der Waals surface area contributed by atoms with Gasteiger partial charge < -0.3 is 15.4 Å². The lowest BCUT2D eigenvalue weighted by molar-refractivity contribution is 0.0635. The normalized spacial score (nSPS) is 18.1. The van der Waals surface area contributed by atoms with Crippen LogP contribution in [0.2, 0.25) is 0 Å². The predicted molar refractivity (Wildman–Crippen MR) is 89.1 cm³/mol. The minimum Gasteiger partial charge on any atom is -0.384 e. The molecule has 2 N–H and O–H groups in total. The van der Waals surface area contributed by atoms with Crippen LogP contribution in [0.3, 0.4) is 0 Å². The second kappa shape index (κ2) is 7.44. The SMILES string of the molecule is CCS(=O)(=O)c1ccccc1NCC1(COC)CCNCC1. The van der Waals surface area contributed by atoms with Gasteiger partial charge in [-0.25, -0.2) is 8.42 Å². The molecule has 5 nitrogen and oxygen atoms in total. The number of piperidine rings is 1. The summed E-state index contributed by atoms with van der Waals surface area (Å²) in [6.45, 7) is 5.02. The average Bonchev–Trinajstić information content (AvgIpc) is 2.54. The molecule has 1 aromatic rings. The molecule has 1 saturated heterocycles. The van der Waals surface area contributed by atoms with E-state index in [2.05, 4.69) is 10.6 Å². The molecule has 1 aromatic carbocycles. The summed E-state index contributed by atoms with van der Waals surface area (Å²) in [4.78, 5) is 0.388. The van der Waals surface area contributed by atoms with Crippen molar-refractivity contribution in [2.24, 2.45) is 5.41 Å². The summed E-state index contributed by atoms with van der Waals surface area (Å²) in [5.41, 5.74) is 0.752. The van der Waals surface area contributed by atoms with Crippen LogP contribution in [0.15, 0.2) is 29.2 Å². The zero-order chi connectivity index (χ0) is 16.1. The van der Waals surface area contributed by atoms with Crippen LogP contribution in [0.1, 0.15) is 19.8 Å². The molecular formula is C16H26N2O3S. The van der Waals surface area contributed by atoms with Gasteiger partial charge in [0, 0.05) is 19.1 Å². The van der Waals surface area contributed by atoms with E-state index < -0.39 is 9.84 Å². The lowest BCUT2D eigenvalue weighted by atomic mass is 9.79. The third-order valence-corrected chi connectivity index (χ3v) is 6.16. The van der Waals surface area contributed by atoms with Crippen molar-refractivity contribution in [2.45, 2.75) is 24.7 Å². The number of methoxy groups -OCH3 is 1. The van der Waals surface area contributed by atoms with Gasteiger partial charge in [-0.05, 0) is 38.1 Å². The molecule has 1 aliphatic heterocycles. The first kappa shape index (κ1) is 17.2. The summed E-state index contributed by atoms with van der Waals surface area (Å²) in [5, 5.41) is 6.72. The molecule has 0 amide bonds. The second-order valence-electron chi connectivity index (χ2n) is 5.94. The van der Waals surface area contributed by atoms with Crippen LogP contribution in [-0.2, 0) is 14.6 Å². The van der Waals surface area contributed by atoms with Crippen molar-refractivity contribution in [3.63, 3.8) is 0 Å². The summed E-state index contributed by atoms with van der Waals surface area (Å²) in [6.07, 6.45) is 2.05. The maximum atomic E-state index is 12.2. The number of anilines is 1. The number of para-hydroxylation sites is 1. The van der Waals surface area contributed by atoms with Crippen LogP contribution in [0.4, 0.5) is 5.69 Å². The Morgan fingerprint density at radius 1 is 1.27 bits per heavy atom. The summed E-state index contributed by atoms with van der Waals surface area (Å²) >= 11 is 0. The lowest BCUT2D eigenvalue weighted by Crippen LogP contribution is -2.44. The van der Waals surface area contributed by atoms with Crippen molar-refractivity contribution in [3.8, 4) is 0 Å². The zero-order valence-corrected chi connectivity index (χ0v) is 14.2. The number of rotatable bonds is 7. The van der Waals surface area contributed by atoms with Crippen LogP contribution >= 0.6 is 0 Å². The largest absolute Gasteiger partial charge is 0.384 e. The van der Waals surface area contributed by atoms with Gasteiger partial charge in [-0.3, -0.25) is 0 Å². The van der Waals surface area contributed by atoms with E-state index in [1.54, 1.807) is 26.2 Å². The Kier molecular flexibility index (Phi) is 5.83. The highest BCUT2D eigenvalue weighted by Crippen LogP contribution is 2.31. The molecule has 0 unspecified atom stereocenters. The summed E-state index contributed by atoms with van der Waals surface area (Å²) in [5.74, 6) is 0.110. The van der Waals surface area contributed by atoms with Crippen LogP contribution in [0, 0.1) is 5.41 Å². The van der Waals surface area contributed by atoms with Gasteiger partial charge in [0.15, 0.2) is 9.84 Å². The Morgan fingerprint density at radius 2 is 1.95 bits per heavy atom. The number of benzene rings is 1. The standard InChI is InChI=1S/C16H26N2O3S/c1-3-22(19,20)15-7-5-4-6-14(15)18-12-16(13-21-2)8-10-17-11-9-16/h4-7,17-18H,3,8-13H2,1-2H3. The molecule has 0 atom stereocenters. The molecule has 6 heteroatoms. The van der Waals surface area contributed by atoms with E-state index in [4.69, 9.17) is 4.74 Å². The van der Waals surface area contributed by atoms with Crippen molar-refractivity contribution in [2.75, 3.05) is 44.4 Å². The van der Waals surface area contributed by atoms with Crippen LogP contribution in [0.5, 0.6) is 0 Å². The zero-order valence-electron chi connectivity index (χ0n) is 13.4. The van der Waals surface area contributed by atoms with E-state index in [0.717, 1.165) is 32.5 Å². The third-order valence-electron chi connectivity index (χ3n) is 4.37. The van der Waals surface area contributed by atoms with Crippen molar-refractivity contribution in [1.29, 1.82) is 0 Å². The van der Waals surface area contributed by atoms with E-state index in [-0.39, 0.29) is 11.2 Å². The van der Waals surface area contributed by atoms with Gasteiger partial charge in [0.1, 0.15) is 0 Å². The molecule has 0 aliphatic carbocycles. The Hall–Kier alpha value is -1.11. The highest BCUT2D eigenvalue weighted by Gasteiger charge is 2.32. The molecular weight excluding hydrogens is 300 g/mol. The lowest BCUT2D eigenvalue weighted by Gasteiger charge is -2.37. The third kappa shape index (κ3) is 4.00. The van der Waals surface area contributed by atoms with E-state index in [9.17, 15) is 8.42 Å². The summed E-state index contributed by atoms with van der Waals surface area (Å²) < 4.78 is 29.8. The molecule has 0 spiro atoms. The van der Waals surface area contributed by atoms with Crippen LogP contribution < -0.4 is 10.6 Å². The first-order valence-corrected chi connectivity index (χ1v) is 9.43. The molecule has 0 bridgehead atoms. The predicted octanol–water partition coefficient (Wildman–Crippen LogP) is 1.91. The van der Waals surface area contributed by atoms with Gasteiger partial charge in [-0.15, -0.1) is 0 Å². The molecule has 1 fully saturated rings. The quantitative estimate of drug-likeness (QED) is 0.801. The smallest absolute Gasteiger partial charge is 0.180 e. The number of hydrogen-bond acceptors (Lipinski definition) is 5. The van der Waals surface area contributed by atoms with Gasteiger partial charge in [-0.1, -0.05) is 19.1 Å². The van der Waals surface area contributed by atoms with Crippen molar-refractivity contribution in [1.82, 2.24) is 5.32 Å². The molecule has 0 saturated carbocycles. The summed E-state index contributed by atoms with van der Waals surface area (Å²) in [7, 11) is -1.50. The first-order chi connectivity index (χ1) is 10.5. The summed E-state index contributed by atoms with van der Waals surface area (Å²) in [6, 6.07) is 7.14. The molecule has 2 rings (SSSR count). The fourth-order valence-corrected chi connectivity index (χ4v) is 4.03. The molecule has 22 heavy (non-hydrogen) atoms. The highest BCUT2D eigenvalue weighted by atomic mass is 32.2. The number of ether oxygens (including phenoxy) is 1. The minimum absolute atomic E-state index is 0.0586. The monoisotopic (exact) mass is 326 g/mol. The van der Waals surface area contributed by atoms with E-state index >= 15 is 0 Å². The Labute approximate surface area is 133 Å². The fraction of sp³-hybridized carbons (Fsp3) is 0.625. The van der Waals surface area contributed by atoms with Gasteiger partial charge in [0.05, 0.1) is 22.9 Å². The molecule has 1 aliphatic rings. The van der Waals surface area contributed by atoms with Gasteiger partial charge >= 0.3 is 0 Å². The van der Waals surface area contributed by atoms with Crippen molar-refractivity contribution in [3.05, 3.63) is 24.3 Å². The maximum Gasteiger partial charge on any atom is 0.180 e. The highest BCUT2D eigenvalue weighted by molar-refractivity contribution is 7.91. The number of nitrogens with one attached hydrogen (secondary N) is 2. The Balaban J connectivity index is 2.17. The Morgan fingerprint density at radius 3 is 2.59 bits per heavy atom. The molecule has 124 valence electrons. The first-order valence-electron chi connectivity index (χ1n) is 7.78. The van der Waals surface area contributed by atoms with Crippen molar-refractivity contribution < 1.29 is 13.2 Å². The second-order valence-corrected chi connectivity index (χ2v) is 8.18. The van der Waals surface area contributed by atoms with Crippen LogP contribution in [0.25, 0.3) is 0 Å². The molecule has 0 radical (unpaired) electrons. The topological polar surface area (TPSA) is 67.4 Å². The van der Waals surface area contributed by atoms with Gasteiger partial charge in [-0.2, -0.15) is 0 Å². The molecule has 1 heterocycles. The minimum atomic E-state index is -3.22. The van der Waals surface area contributed by atoms with Gasteiger partial charge in [0.2, 0.25) is 0 Å². The number of hydrogen-bond donors (Lipinski definition) is 2. The average molecular weight is 326 g/mol. The van der Waals surface area contributed by atoms with E-state index in [1.165, 1.54) is 0 Å². The van der Waals surface area contributed by atoms with Gasteiger partial charge in [0.25, 0.3) is 0 Å². The van der Waals surface area contributed by atoms with Crippen molar-refractivity contribution >= 4 is 15.5 Å².